The van der Waals surface area contributed by atoms with Gasteiger partial charge in [0.1, 0.15) is 11.5 Å². The molecule has 3 aromatic carbocycles. The van der Waals surface area contributed by atoms with Gasteiger partial charge in [0.15, 0.2) is 5.82 Å². The van der Waals surface area contributed by atoms with Gasteiger partial charge < -0.3 is 14.8 Å². The number of rotatable bonds is 6. The highest BCUT2D eigenvalue weighted by molar-refractivity contribution is 6.05. The van der Waals surface area contributed by atoms with Crippen molar-refractivity contribution in [1.82, 2.24) is 9.97 Å². The van der Waals surface area contributed by atoms with Gasteiger partial charge in [0, 0.05) is 23.4 Å². The minimum absolute atomic E-state index is 0.229. The summed E-state index contributed by atoms with van der Waals surface area (Å²) in [5.74, 6) is 2.04. The van der Waals surface area contributed by atoms with E-state index in [1.54, 1.807) is 55.8 Å². The van der Waals surface area contributed by atoms with Crippen molar-refractivity contribution in [2.45, 2.75) is 0 Å². The van der Waals surface area contributed by atoms with E-state index in [2.05, 4.69) is 15.3 Å². The Labute approximate surface area is 174 Å². The number of carbonyl (C=O) groups is 1. The first-order valence-corrected chi connectivity index (χ1v) is 9.34. The van der Waals surface area contributed by atoms with Gasteiger partial charge in [-0.2, -0.15) is 4.98 Å². The van der Waals surface area contributed by atoms with Gasteiger partial charge in [-0.05, 0) is 36.4 Å². The van der Waals surface area contributed by atoms with Crippen LogP contribution in [0.5, 0.6) is 17.4 Å². The topological polar surface area (TPSA) is 73.3 Å². The third kappa shape index (κ3) is 4.44. The Morgan fingerprint density at radius 1 is 0.867 bits per heavy atom. The summed E-state index contributed by atoms with van der Waals surface area (Å²) >= 11 is 0. The minimum Gasteiger partial charge on any atom is -0.495 e. The molecule has 0 aliphatic carbocycles. The molecular formula is C24H19N3O3. The number of ether oxygens (including phenoxy) is 2. The lowest BCUT2D eigenvalue weighted by Crippen LogP contribution is -2.12. The third-order valence-corrected chi connectivity index (χ3v) is 4.36. The van der Waals surface area contributed by atoms with Crippen LogP contribution in [-0.2, 0) is 0 Å². The molecule has 1 aromatic heterocycles. The van der Waals surface area contributed by atoms with Crippen molar-refractivity contribution in [1.29, 1.82) is 0 Å². The molecule has 0 fully saturated rings. The van der Waals surface area contributed by atoms with E-state index in [1.165, 1.54) is 0 Å². The number of methoxy groups -OCH3 is 1. The Hall–Kier alpha value is -4.19. The fourth-order valence-electron chi connectivity index (χ4n) is 2.86. The van der Waals surface area contributed by atoms with E-state index in [0.717, 1.165) is 5.56 Å². The molecule has 4 rings (SSSR count). The monoisotopic (exact) mass is 397 g/mol. The van der Waals surface area contributed by atoms with Crippen molar-refractivity contribution < 1.29 is 14.3 Å². The van der Waals surface area contributed by atoms with Crippen molar-refractivity contribution in [2.75, 3.05) is 12.4 Å². The summed E-state index contributed by atoms with van der Waals surface area (Å²) < 4.78 is 11.0. The van der Waals surface area contributed by atoms with E-state index in [4.69, 9.17) is 9.47 Å². The number of carbonyl (C=O) groups excluding carboxylic acids is 1. The van der Waals surface area contributed by atoms with Crippen molar-refractivity contribution in [3.05, 3.63) is 96.7 Å². The highest BCUT2D eigenvalue weighted by Crippen LogP contribution is 2.25. The molecule has 0 spiro atoms. The summed E-state index contributed by atoms with van der Waals surface area (Å²) in [5.41, 5.74) is 1.91. The van der Waals surface area contributed by atoms with E-state index in [0.29, 0.717) is 34.5 Å². The van der Waals surface area contributed by atoms with E-state index in [-0.39, 0.29) is 5.91 Å². The van der Waals surface area contributed by atoms with Crippen LogP contribution in [-0.4, -0.2) is 23.0 Å². The molecule has 6 nitrogen and oxygen atoms in total. The van der Waals surface area contributed by atoms with Crippen molar-refractivity contribution in [3.8, 4) is 28.8 Å². The summed E-state index contributed by atoms with van der Waals surface area (Å²) in [7, 11) is 1.56. The fraction of sp³-hybridized carbons (Fsp3) is 0.0417. The number of anilines is 1. The van der Waals surface area contributed by atoms with Gasteiger partial charge in [-0.1, -0.05) is 42.5 Å². The average molecular weight is 397 g/mol. The van der Waals surface area contributed by atoms with Crippen LogP contribution in [0.25, 0.3) is 11.4 Å². The predicted octanol–water partition coefficient (Wildman–Crippen LogP) is 5.20. The molecule has 4 aromatic rings. The lowest BCUT2D eigenvalue weighted by Gasteiger charge is -2.10. The predicted molar refractivity (Wildman–Crippen MR) is 115 cm³/mol. The third-order valence-electron chi connectivity index (χ3n) is 4.36. The van der Waals surface area contributed by atoms with Gasteiger partial charge in [-0.15, -0.1) is 0 Å². The number of benzene rings is 3. The van der Waals surface area contributed by atoms with Gasteiger partial charge in [0.2, 0.25) is 5.88 Å². The van der Waals surface area contributed by atoms with Crippen LogP contribution in [0, 0.1) is 0 Å². The number of amides is 1. The molecule has 1 heterocycles. The molecule has 0 aliphatic heterocycles. The Morgan fingerprint density at radius 2 is 1.60 bits per heavy atom. The highest BCUT2D eigenvalue weighted by atomic mass is 16.5. The zero-order chi connectivity index (χ0) is 20.8. The first-order chi connectivity index (χ1) is 14.7. The van der Waals surface area contributed by atoms with Crippen molar-refractivity contribution in [3.63, 3.8) is 0 Å². The lowest BCUT2D eigenvalue weighted by molar-refractivity contribution is 0.102. The van der Waals surface area contributed by atoms with Crippen LogP contribution < -0.4 is 14.8 Å². The molecule has 6 heteroatoms. The highest BCUT2D eigenvalue weighted by Gasteiger charge is 2.11. The van der Waals surface area contributed by atoms with Crippen LogP contribution >= 0.6 is 0 Å². The number of aromatic nitrogens is 2. The van der Waals surface area contributed by atoms with E-state index in [1.807, 2.05) is 42.5 Å². The van der Waals surface area contributed by atoms with Gasteiger partial charge in [-0.3, -0.25) is 4.79 Å². The molecular weight excluding hydrogens is 378 g/mol. The summed E-state index contributed by atoms with van der Waals surface area (Å²) in [5, 5.41) is 2.86. The first-order valence-electron chi connectivity index (χ1n) is 9.34. The quantitative estimate of drug-likeness (QED) is 0.484. The Morgan fingerprint density at radius 3 is 2.37 bits per heavy atom. The summed E-state index contributed by atoms with van der Waals surface area (Å²) in [6.07, 6.45) is 1.64. The first kappa shape index (κ1) is 19.1. The maximum Gasteiger partial charge on any atom is 0.255 e. The van der Waals surface area contributed by atoms with Crippen LogP contribution in [0.2, 0.25) is 0 Å². The van der Waals surface area contributed by atoms with Crippen molar-refractivity contribution in [2.24, 2.45) is 0 Å². The molecule has 1 N–H and O–H groups in total. The largest absolute Gasteiger partial charge is 0.495 e. The average Bonchev–Trinajstić information content (AvgIpc) is 2.80. The van der Waals surface area contributed by atoms with Gasteiger partial charge in [0.25, 0.3) is 5.91 Å². The molecule has 0 radical (unpaired) electrons. The maximum absolute atomic E-state index is 12.6. The number of nitrogens with one attached hydrogen (secondary N) is 1. The van der Waals surface area contributed by atoms with Crippen LogP contribution in [0.15, 0.2) is 91.1 Å². The van der Waals surface area contributed by atoms with E-state index < -0.39 is 0 Å². The minimum atomic E-state index is -0.229. The number of hydrogen-bond donors (Lipinski definition) is 1. The number of nitrogens with zero attached hydrogens (tertiary/aromatic N) is 2. The lowest BCUT2D eigenvalue weighted by atomic mass is 10.1. The Kier molecular flexibility index (Phi) is 5.66. The van der Waals surface area contributed by atoms with E-state index in [9.17, 15) is 4.79 Å². The molecule has 1 amide bonds. The van der Waals surface area contributed by atoms with Crippen LogP contribution in [0.3, 0.4) is 0 Å². The molecule has 30 heavy (non-hydrogen) atoms. The molecule has 148 valence electrons. The summed E-state index contributed by atoms with van der Waals surface area (Å²) in [4.78, 5) is 21.3. The van der Waals surface area contributed by atoms with Gasteiger partial charge >= 0.3 is 0 Å². The zero-order valence-electron chi connectivity index (χ0n) is 16.3. The van der Waals surface area contributed by atoms with Crippen LogP contribution in [0.4, 0.5) is 5.69 Å². The van der Waals surface area contributed by atoms with Gasteiger partial charge in [0.05, 0.1) is 12.8 Å². The standard InChI is InChI=1S/C24H19N3O3/c1-29-21-10-6-5-9-20(21)26-24(28)18-13-11-17(12-14-18)23-25-16-15-22(27-23)30-19-7-3-2-4-8-19/h2-16H,1H3,(H,26,28). The molecule has 0 atom stereocenters. The maximum atomic E-state index is 12.6. The second-order valence-corrected chi connectivity index (χ2v) is 6.37. The summed E-state index contributed by atoms with van der Waals surface area (Å²) in [6.45, 7) is 0. The van der Waals surface area contributed by atoms with E-state index >= 15 is 0 Å². The number of para-hydroxylation sites is 3. The second kappa shape index (κ2) is 8.87. The van der Waals surface area contributed by atoms with Crippen LogP contribution in [0.1, 0.15) is 10.4 Å². The molecule has 0 bridgehead atoms. The second-order valence-electron chi connectivity index (χ2n) is 6.37. The fourth-order valence-corrected chi connectivity index (χ4v) is 2.86. The smallest absolute Gasteiger partial charge is 0.255 e. The Balaban J connectivity index is 1.49. The Bertz CT molecular complexity index is 1150. The summed E-state index contributed by atoms with van der Waals surface area (Å²) in [6, 6.07) is 25.5. The van der Waals surface area contributed by atoms with Gasteiger partial charge in [-0.25, -0.2) is 4.98 Å². The normalized spacial score (nSPS) is 10.3. The SMILES string of the molecule is COc1ccccc1NC(=O)c1ccc(-c2nccc(Oc3ccccc3)n2)cc1. The van der Waals surface area contributed by atoms with Crippen molar-refractivity contribution >= 4 is 11.6 Å². The molecule has 0 aliphatic rings. The molecule has 0 unspecified atom stereocenters. The molecule has 0 saturated carbocycles. The zero-order valence-corrected chi connectivity index (χ0v) is 16.3. The number of hydrogen-bond acceptors (Lipinski definition) is 5. The molecule has 0 saturated heterocycles.